The molecule has 1 fully saturated rings. The predicted octanol–water partition coefficient (Wildman–Crippen LogP) is 2.59. The number of nitrogens with one attached hydrogen (secondary N) is 1. The quantitative estimate of drug-likeness (QED) is 0.811. The van der Waals surface area contributed by atoms with Crippen molar-refractivity contribution in [3.63, 3.8) is 0 Å². The number of hydrogen-bond acceptors (Lipinski definition) is 4. The standard InChI is InChI=1S/C16H27N3O/c1-20-13-10-17-14-15-8-7-9-18-16(15)19-11-5-3-2-4-6-12-19/h7-9,17H,2-6,10-14H2,1H3. The van der Waals surface area contributed by atoms with Crippen molar-refractivity contribution in [1.82, 2.24) is 10.3 Å². The van der Waals surface area contributed by atoms with Crippen LogP contribution in [0.3, 0.4) is 0 Å². The van der Waals surface area contributed by atoms with Crippen molar-refractivity contribution in [2.24, 2.45) is 0 Å². The number of aromatic nitrogens is 1. The number of rotatable bonds is 6. The van der Waals surface area contributed by atoms with E-state index < -0.39 is 0 Å². The lowest BCUT2D eigenvalue weighted by atomic mass is 10.1. The zero-order valence-electron chi connectivity index (χ0n) is 12.6. The van der Waals surface area contributed by atoms with Gasteiger partial charge in [-0.25, -0.2) is 4.98 Å². The highest BCUT2D eigenvalue weighted by Crippen LogP contribution is 2.20. The van der Waals surface area contributed by atoms with Crippen LogP contribution in [0.5, 0.6) is 0 Å². The Balaban J connectivity index is 1.97. The lowest BCUT2D eigenvalue weighted by Gasteiger charge is -2.27. The molecule has 1 aromatic heterocycles. The van der Waals surface area contributed by atoms with Gasteiger partial charge in [0.15, 0.2) is 0 Å². The third-order valence-electron chi connectivity index (χ3n) is 3.82. The molecule has 1 aliphatic rings. The summed E-state index contributed by atoms with van der Waals surface area (Å²) in [7, 11) is 1.73. The molecular formula is C16H27N3O. The van der Waals surface area contributed by atoms with E-state index in [4.69, 9.17) is 4.74 Å². The van der Waals surface area contributed by atoms with Crippen molar-refractivity contribution in [1.29, 1.82) is 0 Å². The molecule has 1 N–H and O–H groups in total. The van der Waals surface area contributed by atoms with E-state index in [0.29, 0.717) is 0 Å². The Bertz CT molecular complexity index is 376. The van der Waals surface area contributed by atoms with Gasteiger partial charge in [0.1, 0.15) is 5.82 Å². The molecule has 0 amide bonds. The first-order chi connectivity index (χ1) is 9.92. The molecule has 112 valence electrons. The van der Waals surface area contributed by atoms with Gasteiger partial charge in [0.2, 0.25) is 0 Å². The minimum absolute atomic E-state index is 0.749. The van der Waals surface area contributed by atoms with Crippen LogP contribution in [0.4, 0.5) is 5.82 Å². The van der Waals surface area contributed by atoms with E-state index in [1.54, 1.807) is 7.11 Å². The number of nitrogens with zero attached hydrogens (tertiary/aromatic N) is 2. The SMILES string of the molecule is COCCNCc1cccnc1N1CCCCCCC1. The lowest BCUT2D eigenvalue weighted by Crippen LogP contribution is -2.30. The van der Waals surface area contributed by atoms with E-state index in [0.717, 1.165) is 32.8 Å². The van der Waals surface area contributed by atoms with Gasteiger partial charge >= 0.3 is 0 Å². The summed E-state index contributed by atoms with van der Waals surface area (Å²) in [5.41, 5.74) is 1.30. The van der Waals surface area contributed by atoms with E-state index in [9.17, 15) is 0 Å². The van der Waals surface area contributed by atoms with E-state index in [1.807, 2.05) is 12.3 Å². The van der Waals surface area contributed by atoms with E-state index in [-0.39, 0.29) is 0 Å². The van der Waals surface area contributed by atoms with Gasteiger partial charge in [-0.3, -0.25) is 0 Å². The maximum atomic E-state index is 5.07. The normalized spacial score (nSPS) is 16.8. The van der Waals surface area contributed by atoms with E-state index >= 15 is 0 Å². The van der Waals surface area contributed by atoms with Crippen LogP contribution >= 0.6 is 0 Å². The van der Waals surface area contributed by atoms with Gasteiger partial charge in [0, 0.05) is 45.0 Å². The highest BCUT2D eigenvalue weighted by molar-refractivity contribution is 5.46. The molecule has 0 radical (unpaired) electrons. The molecule has 0 atom stereocenters. The monoisotopic (exact) mass is 277 g/mol. The first-order valence-corrected chi connectivity index (χ1v) is 7.80. The smallest absolute Gasteiger partial charge is 0.133 e. The van der Waals surface area contributed by atoms with Crippen LogP contribution < -0.4 is 10.2 Å². The van der Waals surface area contributed by atoms with Crippen molar-refractivity contribution in [3.05, 3.63) is 23.9 Å². The first-order valence-electron chi connectivity index (χ1n) is 7.80. The Morgan fingerprint density at radius 2 is 1.95 bits per heavy atom. The number of ether oxygens (including phenoxy) is 1. The maximum absolute atomic E-state index is 5.07. The van der Waals surface area contributed by atoms with Crippen molar-refractivity contribution in [2.75, 3.05) is 38.3 Å². The van der Waals surface area contributed by atoms with Crippen LogP contribution in [0.1, 0.15) is 37.7 Å². The van der Waals surface area contributed by atoms with Gasteiger partial charge in [-0.15, -0.1) is 0 Å². The minimum atomic E-state index is 0.749. The largest absolute Gasteiger partial charge is 0.383 e. The molecule has 0 unspecified atom stereocenters. The third kappa shape index (κ3) is 4.76. The molecule has 1 aromatic rings. The second-order valence-corrected chi connectivity index (χ2v) is 5.41. The molecule has 1 saturated heterocycles. The van der Waals surface area contributed by atoms with Crippen molar-refractivity contribution < 1.29 is 4.74 Å². The van der Waals surface area contributed by atoms with Gasteiger partial charge in [0.25, 0.3) is 0 Å². The highest BCUT2D eigenvalue weighted by Gasteiger charge is 2.13. The average Bonchev–Trinajstić information content (AvgIpc) is 2.44. The predicted molar refractivity (Wildman–Crippen MR) is 83.1 cm³/mol. The molecule has 4 heteroatoms. The summed E-state index contributed by atoms with van der Waals surface area (Å²) in [6.45, 7) is 4.78. The zero-order chi connectivity index (χ0) is 14.0. The van der Waals surface area contributed by atoms with Gasteiger partial charge in [-0.1, -0.05) is 25.3 Å². The van der Waals surface area contributed by atoms with Crippen LogP contribution in [-0.4, -0.2) is 38.3 Å². The molecule has 2 rings (SSSR count). The highest BCUT2D eigenvalue weighted by atomic mass is 16.5. The fourth-order valence-electron chi connectivity index (χ4n) is 2.71. The molecule has 0 aliphatic carbocycles. The number of pyridine rings is 1. The summed E-state index contributed by atoms with van der Waals surface area (Å²) in [4.78, 5) is 7.09. The van der Waals surface area contributed by atoms with Crippen LogP contribution in [0.2, 0.25) is 0 Å². The van der Waals surface area contributed by atoms with Gasteiger partial charge < -0.3 is 15.0 Å². The third-order valence-corrected chi connectivity index (χ3v) is 3.82. The van der Waals surface area contributed by atoms with Crippen LogP contribution in [0, 0.1) is 0 Å². The second-order valence-electron chi connectivity index (χ2n) is 5.41. The fraction of sp³-hybridized carbons (Fsp3) is 0.688. The molecule has 0 bridgehead atoms. The topological polar surface area (TPSA) is 37.4 Å². The molecule has 20 heavy (non-hydrogen) atoms. The van der Waals surface area contributed by atoms with Gasteiger partial charge in [-0.05, 0) is 18.9 Å². The molecule has 4 nitrogen and oxygen atoms in total. The second kappa shape index (κ2) is 8.93. The van der Waals surface area contributed by atoms with Crippen molar-refractivity contribution in [2.45, 2.75) is 38.6 Å². The summed E-state index contributed by atoms with van der Waals surface area (Å²) in [5.74, 6) is 1.17. The fourth-order valence-corrected chi connectivity index (χ4v) is 2.71. The Morgan fingerprint density at radius 3 is 2.70 bits per heavy atom. The molecule has 0 aromatic carbocycles. The van der Waals surface area contributed by atoms with E-state index in [2.05, 4.69) is 21.3 Å². The zero-order valence-corrected chi connectivity index (χ0v) is 12.6. The Morgan fingerprint density at radius 1 is 1.20 bits per heavy atom. The lowest BCUT2D eigenvalue weighted by molar-refractivity contribution is 0.199. The summed E-state index contributed by atoms with van der Waals surface area (Å²) < 4.78 is 5.07. The first kappa shape index (κ1) is 15.3. The maximum Gasteiger partial charge on any atom is 0.133 e. The molecule has 0 spiro atoms. The summed E-state index contributed by atoms with van der Waals surface area (Å²) in [6.07, 6.45) is 8.57. The van der Waals surface area contributed by atoms with Gasteiger partial charge in [-0.2, -0.15) is 0 Å². The van der Waals surface area contributed by atoms with Gasteiger partial charge in [0.05, 0.1) is 6.61 Å². The summed E-state index contributed by atoms with van der Waals surface area (Å²) >= 11 is 0. The Labute approximate surface area is 122 Å². The summed E-state index contributed by atoms with van der Waals surface area (Å²) in [5, 5.41) is 3.42. The van der Waals surface area contributed by atoms with Crippen LogP contribution in [0.15, 0.2) is 18.3 Å². The number of methoxy groups -OCH3 is 1. The number of hydrogen-bond donors (Lipinski definition) is 1. The Hall–Kier alpha value is -1.13. The molecule has 0 saturated carbocycles. The average molecular weight is 277 g/mol. The number of anilines is 1. The van der Waals surface area contributed by atoms with Crippen molar-refractivity contribution >= 4 is 5.82 Å². The molecule has 1 aliphatic heterocycles. The molecule has 2 heterocycles. The Kier molecular flexibility index (Phi) is 6.81. The van der Waals surface area contributed by atoms with E-state index in [1.165, 1.54) is 43.5 Å². The van der Waals surface area contributed by atoms with Crippen LogP contribution in [-0.2, 0) is 11.3 Å². The van der Waals surface area contributed by atoms with Crippen molar-refractivity contribution in [3.8, 4) is 0 Å². The minimum Gasteiger partial charge on any atom is -0.383 e. The molecular weight excluding hydrogens is 250 g/mol. The summed E-state index contributed by atoms with van der Waals surface area (Å²) in [6, 6.07) is 4.21. The van der Waals surface area contributed by atoms with Crippen LogP contribution in [0.25, 0.3) is 0 Å².